The second-order valence-corrected chi connectivity index (χ2v) is 5.10. The first-order chi connectivity index (χ1) is 9.65. The smallest absolute Gasteiger partial charge is 0.287 e. The number of nitrogens with zero attached hydrogens (tertiary/aromatic N) is 3. The van der Waals surface area contributed by atoms with Crippen LogP contribution in [0.3, 0.4) is 0 Å². The lowest BCUT2D eigenvalue weighted by molar-refractivity contribution is -0.385. The van der Waals surface area contributed by atoms with Crippen molar-refractivity contribution in [1.29, 1.82) is 5.26 Å². The zero-order valence-electron chi connectivity index (χ0n) is 11.3. The van der Waals surface area contributed by atoms with E-state index in [1.165, 1.54) is 12.5 Å². The van der Waals surface area contributed by atoms with E-state index >= 15 is 0 Å². The molecule has 1 aromatic carbocycles. The number of rotatable bonds is 4. The highest BCUT2D eigenvalue weighted by Gasteiger charge is 2.21. The van der Waals surface area contributed by atoms with Gasteiger partial charge in [-0.15, -0.1) is 0 Å². The molecule has 1 unspecified atom stereocenters. The molecule has 1 atom stereocenters. The molecule has 1 saturated heterocycles. The molecule has 0 saturated carbocycles. The molecular formula is C14H18N4O2. The van der Waals surface area contributed by atoms with Gasteiger partial charge in [-0.3, -0.25) is 10.1 Å². The van der Waals surface area contributed by atoms with E-state index in [4.69, 9.17) is 11.0 Å². The molecule has 1 aliphatic rings. The summed E-state index contributed by atoms with van der Waals surface area (Å²) >= 11 is 0. The molecule has 6 nitrogen and oxygen atoms in total. The number of hydrogen-bond acceptors (Lipinski definition) is 5. The topological polar surface area (TPSA) is 96.2 Å². The predicted octanol–water partition coefficient (Wildman–Crippen LogP) is 2.03. The first-order valence-corrected chi connectivity index (χ1v) is 6.79. The van der Waals surface area contributed by atoms with Crippen LogP contribution in [0.5, 0.6) is 0 Å². The summed E-state index contributed by atoms with van der Waals surface area (Å²) in [6.45, 7) is 2.51. The molecule has 20 heavy (non-hydrogen) atoms. The number of nitro benzene ring substituents is 1. The standard InChI is InChI=1S/C14H18N4O2/c15-6-5-11-2-1-7-17(10-11)13-3-4-14(18(19)20)12(8-13)9-16/h3-4,8,11H,1-2,5-7,10,15H2. The van der Waals surface area contributed by atoms with Crippen molar-refractivity contribution < 1.29 is 4.92 Å². The molecule has 1 heterocycles. The van der Waals surface area contributed by atoms with Crippen molar-refractivity contribution in [3.8, 4) is 6.07 Å². The number of nitro groups is 1. The van der Waals surface area contributed by atoms with Gasteiger partial charge in [-0.2, -0.15) is 5.26 Å². The Balaban J connectivity index is 2.20. The second kappa shape index (κ2) is 6.35. The van der Waals surface area contributed by atoms with Crippen molar-refractivity contribution in [2.24, 2.45) is 11.7 Å². The van der Waals surface area contributed by atoms with E-state index in [1.54, 1.807) is 12.1 Å². The number of benzene rings is 1. The van der Waals surface area contributed by atoms with E-state index in [9.17, 15) is 10.1 Å². The lowest BCUT2D eigenvalue weighted by Crippen LogP contribution is -2.36. The number of nitriles is 1. The lowest BCUT2D eigenvalue weighted by Gasteiger charge is -2.34. The molecule has 0 amide bonds. The van der Waals surface area contributed by atoms with Gasteiger partial charge in [0.2, 0.25) is 0 Å². The van der Waals surface area contributed by atoms with Gasteiger partial charge < -0.3 is 10.6 Å². The first-order valence-electron chi connectivity index (χ1n) is 6.79. The van der Waals surface area contributed by atoms with Crippen LogP contribution in [0.4, 0.5) is 11.4 Å². The van der Waals surface area contributed by atoms with Crippen molar-refractivity contribution in [1.82, 2.24) is 0 Å². The van der Waals surface area contributed by atoms with Gasteiger partial charge in [0.1, 0.15) is 11.6 Å². The van der Waals surface area contributed by atoms with Crippen LogP contribution in [0, 0.1) is 27.4 Å². The number of nitrogens with two attached hydrogens (primary N) is 1. The van der Waals surface area contributed by atoms with Crippen LogP contribution >= 0.6 is 0 Å². The van der Waals surface area contributed by atoms with Crippen LogP contribution in [0.25, 0.3) is 0 Å². The van der Waals surface area contributed by atoms with Crippen molar-refractivity contribution in [2.45, 2.75) is 19.3 Å². The fourth-order valence-corrected chi connectivity index (χ4v) is 2.74. The molecule has 2 N–H and O–H groups in total. The number of hydrogen-bond donors (Lipinski definition) is 1. The van der Waals surface area contributed by atoms with Gasteiger partial charge >= 0.3 is 0 Å². The highest BCUT2D eigenvalue weighted by Crippen LogP contribution is 2.28. The van der Waals surface area contributed by atoms with Gasteiger partial charge in [0.15, 0.2) is 0 Å². The van der Waals surface area contributed by atoms with Gasteiger partial charge in [-0.05, 0) is 43.9 Å². The average Bonchev–Trinajstić information content (AvgIpc) is 2.47. The Kier molecular flexibility index (Phi) is 4.53. The third-order valence-corrected chi connectivity index (χ3v) is 3.76. The van der Waals surface area contributed by atoms with Crippen molar-refractivity contribution in [3.63, 3.8) is 0 Å². The maximum atomic E-state index is 10.8. The quantitative estimate of drug-likeness (QED) is 0.669. The molecule has 1 aromatic rings. The minimum Gasteiger partial charge on any atom is -0.371 e. The Morgan fingerprint density at radius 1 is 1.55 bits per heavy atom. The fourth-order valence-electron chi connectivity index (χ4n) is 2.74. The van der Waals surface area contributed by atoms with Crippen LogP contribution in [0.2, 0.25) is 0 Å². The first kappa shape index (κ1) is 14.3. The summed E-state index contributed by atoms with van der Waals surface area (Å²) in [7, 11) is 0. The average molecular weight is 274 g/mol. The van der Waals surface area contributed by atoms with E-state index in [0.717, 1.165) is 31.6 Å². The normalized spacial score (nSPS) is 18.6. The van der Waals surface area contributed by atoms with Crippen molar-refractivity contribution in [2.75, 3.05) is 24.5 Å². The molecule has 1 fully saturated rings. The lowest BCUT2D eigenvalue weighted by atomic mass is 9.94. The molecule has 0 bridgehead atoms. The summed E-state index contributed by atoms with van der Waals surface area (Å²) in [6, 6.07) is 6.66. The van der Waals surface area contributed by atoms with E-state index in [0.29, 0.717) is 12.5 Å². The molecule has 0 aromatic heterocycles. The highest BCUT2D eigenvalue weighted by atomic mass is 16.6. The second-order valence-electron chi connectivity index (χ2n) is 5.10. The third-order valence-electron chi connectivity index (χ3n) is 3.76. The summed E-state index contributed by atoms with van der Waals surface area (Å²) < 4.78 is 0. The van der Waals surface area contributed by atoms with Crippen molar-refractivity contribution >= 4 is 11.4 Å². The third kappa shape index (κ3) is 3.06. The minimum absolute atomic E-state index is 0.119. The van der Waals surface area contributed by atoms with Gasteiger partial charge in [-0.1, -0.05) is 0 Å². The molecule has 6 heteroatoms. The van der Waals surface area contributed by atoms with E-state index in [-0.39, 0.29) is 11.3 Å². The molecule has 0 spiro atoms. The SMILES string of the molecule is N#Cc1cc(N2CCCC(CCN)C2)ccc1[N+](=O)[O-]. The summed E-state index contributed by atoms with van der Waals surface area (Å²) in [4.78, 5) is 12.5. The Morgan fingerprint density at radius 2 is 2.35 bits per heavy atom. The molecule has 0 radical (unpaired) electrons. The van der Waals surface area contributed by atoms with E-state index in [1.807, 2.05) is 6.07 Å². The summed E-state index contributed by atoms with van der Waals surface area (Å²) in [6.07, 6.45) is 3.25. The Bertz CT molecular complexity index is 536. The molecular weight excluding hydrogens is 256 g/mol. The molecule has 106 valence electrons. The zero-order valence-corrected chi connectivity index (χ0v) is 11.3. The van der Waals surface area contributed by atoms with Crippen LogP contribution in [0.15, 0.2) is 18.2 Å². The fraction of sp³-hybridized carbons (Fsp3) is 0.500. The highest BCUT2D eigenvalue weighted by molar-refractivity contribution is 5.60. The van der Waals surface area contributed by atoms with Gasteiger partial charge in [0.25, 0.3) is 5.69 Å². The maximum absolute atomic E-state index is 10.8. The molecule has 0 aliphatic carbocycles. The Hall–Kier alpha value is -2.13. The van der Waals surface area contributed by atoms with Crippen LogP contribution in [0.1, 0.15) is 24.8 Å². The zero-order chi connectivity index (χ0) is 14.5. The summed E-state index contributed by atoms with van der Waals surface area (Å²) in [5.74, 6) is 0.564. The monoisotopic (exact) mass is 274 g/mol. The van der Waals surface area contributed by atoms with Gasteiger partial charge in [-0.25, -0.2) is 0 Å². The summed E-state index contributed by atoms with van der Waals surface area (Å²) in [5, 5.41) is 19.9. The number of piperidine rings is 1. The van der Waals surface area contributed by atoms with Gasteiger partial charge in [0.05, 0.1) is 4.92 Å². The van der Waals surface area contributed by atoms with E-state index < -0.39 is 4.92 Å². The van der Waals surface area contributed by atoms with E-state index in [2.05, 4.69) is 4.90 Å². The Morgan fingerprint density at radius 3 is 3.00 bits per heavy atom. The predicted molar refractivity (Wildman–Crippen MR) is 76.4 cm³/mol. The summed E-state index contributed by atoms with van der Waals surface area (Å²) in [5.41, 5.74) is 6.48. The van der Waals surface area contributed by atoms with Crippen molar-refractivity contribution in [3.05, 3.63) is 33.9 Å². The largest absolute Gasteiger partial charge is 0.371 e. The van der Waals surface area contributed by atoms with Gasteiger partial charge in [0, 0.05) is 24.8 Å². The molecule has 2 rings (SSSR count). The number of anilines is 1. The van der Waals surface area contributed by atoms with Crippen LogP contribution in [-0.4, -0.2) is 24.6 Å². The van der Waals surface area contributed by atoms with Crippen LogP contribution in [-0.2, 0) is 0 Å². The molecule has 1 aliphatic heterocycles. The maximum Gasteiger partial charge on any atom is 0.287 e. The Labute approximate surface area is 117 Å². The minimum atomic E-state index is -0.518. The van der Waals surface area contributed by atoms with Crippen LogP contribution < -0.4 is 10.6 Å².